The third kappa shape index (κ3) is 3.48. The van der Waals surface area contributed by atoms with Gasteiger partial charge < -0.3 is 0 Å². The van der Waals surface area contributed by atoms with Gasteiger partial charge in [-0.2, -0.15) is 5.10 Å². The second-order valence-corrected chi connectivity index (χ2v) is 4.33. The summed E-state index contributed by atoms with van der Waals surface area (Å²) in [7, 11) is 0. The average molecular weight is 257 g/mol. The van der Waals surface area contributed by atoms with E-state index >= 15 is 0 Å². The maximum Gasteiger partial charge on any atom is 0.242 e. The van der Waals surface area contributed by atoms with E-state index in [9.17, 15) is 4.79 Å². The molecule has 0 aliphatic heterocycles. The summed E-state index contributed by atoms with van der Waals surface area (Å²) in [5.74, 6) is -0.178. The lowest BCUT2D eigenvalue weighted by Crippen LogP contribution is -2.22. The highest BCUT2D eigenvalue weighted by Gasteiger charge is 2.03. The zero-order valence-corrected chi connectivity index (χ0v) is 10.8. The highest BCUT2D eigenvalue weighted by molar-refractivity contribution is 5.83. The van der Waals surface area contributed by atoms with Crippen LogP contribution in [0.4, 0.5) is 0 Å². The second-order valence-electron chi connectivity index (χ2n) is 4.33. The predicted molar refractivity (Wildman–Crippen MR) is 71.9 cm³/mol. The van der Waals surface area contributed by atoms with Crippen LogP contribution in [0.25, 0.3) is 5.69 Å². The molecule has 1 amide bonds. The molecule has 1 N–H and O–H groups in total. The molecule has 6 heteroatoms. The van der Waals surface area contributed by atoms with Crippen LogP contribution in [0.5, 0.6) is 0 Å². The number of aromatic nitrogens is 3. The Morgan fingerprint density at radius 2 is 2.11 bits per heavy atom. The first-order valence-electron chi connectivity index (χ1n) is 5.96. The van der Waals surface area contributed by atoms with Crippen LogP contribution >= 0.6 is 0 Å². The molecule has 2 aromatic rings. The van der Waals surface area contributed by atoms with Gasteiger partial charge in [0.05, 0.1) is 24.3 Å². The van der Waals surface area contributed by atoms with Crippen LogP contribution in [0.1, 0.15) is 19.4 Å². The fraction of sp³-hybridized carbons (Fsp3) is 0.231. The average Bonchev–Trinajstić information content (AvgIpc) is 2.93. The minimum atomic E-state index is -0.101. The molecule has 0 aliphatic rings. The van der Waals surface area contributed by atoms with E-state index in [1.807, 2.05) is 38.1 Å². The summed E-state index contributed by atoms with van der Waals surface area (Å²) in [5.41, 5.74) is 4.29. The summed E-state index contributed by atoms with van der Waals surface area (Å²) in [6.45, 7) is 3.63. The van der Waals surface area contributed by atoms with Gasteiger partial charge in [-0.1, -0.05) is 31.2 Å². The summed E-state index contributed by atoms with van der Waals surface area (Å²) < 4.78 is 1.67. The molecule has 1 aromatic heterocycles. The van der Waals surface area contributed by atoms with Crippen LogP contribution in [0, 0.1) is 5.92 Å². The largest absolute Gasteiger partial charge is 0.273 e. The van der Waals surface area contributed by atoms with Crippen molar-refractivity contribution in [2.75, 3.05) is 0 Å². The molecular formula is C13H15N5O. The molecule has 0 spiro atoms. The fourth-order valence-corrected chi connectivity index (χ4v) is 1.36. The number of carbonyl (C=O) groups is 1. The first kappa shape index (κ1) is 12.9. The molecule has 0 radical (unpaired) electrons. The van der Waals surface area contributed by atoms with Crippen LogP contribution in [0.3, 0.4) is 0 Å². The van der Waals surface area contributed by atoms with Gasteiger partial charge in [0.15, 0.2) is 0 Å². The van der Waals surface area contributed by atoms with Crippen LogP contribution in [0.2, 0.25) is 0 Å². The van der Waals surface area contributed by atoms with E-state index in [2.05, 4.69) is 20.8 Å². The van der Waals surface area contributed by atoms with Crippen molar-refractivity contribution in [2.24, 2.45) is 11.0 Å². The minimum Gasteiger partial charge on any atom is -0.273 e. The van der Waals surface area contributed by atoms with Gasteiger partial charge in [0, 0.05) is 5.92 Å². The highest BCUT2D eigenvalue weighted by atomic mass is 16.2. The number of benzene rings is 1. The van der Waals surface area contributed by atoms with Crippen LogP contribution < -0.4 is 5.43 Å². The first-order chi connectivity index (χ1) is 9.16. The van der Waals surface area contributed by atoms with Crippen LogP contribution in [-0.2, 0) is 4.79 Å². The van der Waals surface area contributed by atoms with Crippen molar-refractivity contribution in [3.8, 4) is 5.69 Å². The SMILES string of the molecule is CC(C)C(=O)N/N=C/c1ccc(-n2ccnn2)cc1. The standard InChI is InChI=1S/C13H15N5O/c1-10(2)13(19)16-15-9-11-3-5-12(6-4-11)18-8-7-14-17-18/h3-10H,1-2H3,(H,16,19)/b15-9+. The maximum atomic E-state index is 11.3. The molecule has 0 fully saturated rings. The van der Waals surface area contributed by atoms with Crippen molar-refractivity contribution in [3.63, 3.8) is 0 Å². The molecule has 0 saturated carbocycles. The highest BCUT2D eigenvalue weighted by Crippen LogP contribution is 2.06. The predicted octanol–water partition coefficient (Wildman–Crippen LogP) is 1.37. The molecule has 0 unspecified atom stereocenters. The lowest BCUT2D eigenvalue weighted by atomic mass is 10.2. The van der Waals surface area contributed by atoms with E-state index in [1.165, 1.54) is 0 Å². The van der Waals surface area contributed by atoms with Gasteiger partial charge in [-0.3, -0.25) is 4.79 Å². The monoisotopic (exact) mass is 257 g/mol. The molecule has 0 atom stereocenters. The quantitative estimate of drug-likeness (QED) is 0.664. The number of carbonyl (C=O) groups excluding carboxylic acids is 1. The van der Waals surface area contributed by atoms with Crippen molar-refractivity contribution < 1.29 is 4.79 Å². The molecule has 1 aromatic carbocycles. The van der Waals surface area contributed by atoms with E-state index in [-0.39, 0.29) is 11.8 Å². The van der Waals surface area contributed by atoms with E-state index < -0.39 is 0 Å². The third-order valence-corrected chi connectivity index (χ3v) is 2.49. The van der Waals surface area contributed by atoms with Gasteiger partial charge in [0.2, 0.25) is 5.91 Å². The number of nitrogens with zero attached hydrogens (tertiary/aromatic N) is 4. The van der Waals surface area contributed by atoms with Gasteiger partial charge >= 0.3 is 0 Å². The van der Waals surface area contributed by atoms with Crippen molar-refractivity contribution in [1.82, 2.24) is 20.4 Å². The lowest BCUT2D eigenvalue weighted by molar-refractivity contribution is -0.123. The van der Waals surface area contributed by atoms with Gasteiger partial charge in [-0.25, -0.2) is 10.1 Å². The second kappa shape index (κ2) is 5.90. The van der Waals surface area contributed by atoms with Gasteiger partial charge in [0.25, 0.3) is 0 Å². The zero-order chi connectivity index (χ0) is 13.7. The summed E-state index contributed by atoms with van der Waals surface area (Å²) in [6.07, 6.45) is 4.99. The minimum absolute atomic E-state index is 0.0770. The summed E-state index contributed by atoms with van der Waals surface area (Å²) in [6, 6.07) is 7.59. The smallest absolute Gasteiger partial charge is 0.242 e. The Morgan fingerprint density at radius 1 is 1.37 bits per heavy atom. The van der Waals surface area contributed by atoms with Crippen molar-refractivity contribution in [2.45, 2.75) is 13.8 Å². The van der Waals surface area contributed by atoms with E-state index in [4.69, 9.17) is 0 Å². The number of amides is 1. The van der Waals surface area contributed by atoms with Crippen molar-refractivity contribution in [3.05, 3.63) is 42.2 Å². The molecule has 0 bridgehead atoms. The van der Waals surface area contributed by atoms with Crippen LogP contribution in [0.15, 0.2) is 41.8 Å². The van der Waals surface area contributed by atoms with Crippen molar-refractivity contribution in [1.29, 1.82) is 0 Å². The number of hydrazone groups is 1. The zero-order valence-electron chi connectivity index (χ0n) is 10.8. The number of rotatable bonds is 4. The number of hydrogen-bond donors (Lipinski definition) is 1. The van der Waals surface area contributed by atoms with Crippen LogP contribution in [-0.4, -0.2) is 27.1 Å². The number of nitrogens with one attached hydrogen (secondary N) is 1. The fourth-order valence-electron chi connectivity index (χ4n) is 1.36. The molecule has 0 aliphatic carbocycles. The molecule has 98 valence electrons. The summed E-state index contributed by atoms with van der Waals surface area (Å²) in [4.78, 5) is 11.3. The normalized spacial score (nSPS) is 11.1. The Bertz CT molecular complexity index is 557. The maximum absolute atomic E-state index is 11.3. The molecule has 19 heavy (non-hydrogen) atoms. The summed E-state index contributed by atoms with van der Waals surface area (Å²) in [5, 5.41) is 11.5. The lowest BCUT2D eigenvalue weighted by Gasteiger charge is -2.02. The van der Waals surface area contributed by atoms with E-state index in [0.717, 1.165) is 11.3 Å². The Kier molecular flexibility index (Phi) is 4.02. The van der Waals surface area contributed by atoms with Gasteiger partial charge in [-0.15, -0.1) is 5.10 Å². The Hall–Kier alpha value is -2.50. The molecule has 2 rings (SSSR count). The Balaban J connectivity index is 1.99. The Labute approximate surface area is 111 Å². The molecule has 0 saturated heterocycles. The first-order valence-corrected chi connectivity index (χ1v) is 5.96. The van der Waals surface area contributed by atoms with E-state index in [0.29, 0.717) is 0 Å². The molecule has 1 heterocycles. The molecular weight excluding hydrogens is 242 g/mol. The van der Waals surface area contributed by atoms with Gasteiger partial charge in [0.1, 0.15) is 0 Å². The van der Waals surface area contributed by atoms with Gasteiger partial charge in [-0.05, 0) is 17.7 Å². The Morgan fingerprint density at radius 3 is 2.68 bits per heavy atom. The topological polar surface area (TPSA) is 72.2 Å². The van der Waals surface area contributed by atoms with Crippen molar-refractivity contribution >= 4 is 12.1 Å². The number of hydrogen-bond acceptors (Lipinski definition) is 4. The van der Waals surface area contributed by atoms with E-state index in [1.54, 1.807) is 23.3 Å². The summed E-state index contributed by atoms with van der Waals surface area (Å²) >= 11 is 0. The molecule has 6 nitrogen and oxygen atoms in total. The third-order valence-electron chi connectivity index (χ3n) is 2.49.